The van der Waals surface area contributed by atoms with E-state index < -0.39 is 0 Å². The van der Waals surface area contributed by atoms with E-state index >= 15 is 0 Å². The zero-order valence-corrected chi connectivity index (χ0v) is 12.3. The van der Waals surface area contributed by atoms with E-state index in [0.717, 1.165) is 25.1 Å². The molecule has 0 aliphatic heterocycles. The number of aromatic nitrogens is 1. The summed E-state index contributed by atoms with van der Waals surface area (Å²) in [5.74, 6) is 0. The molecule has 2 atom stereocenters. The first-order chi connectivity index (χ1) is 7.99. The maximum atomic E-state index is 9.69. The zero-order valence-electron chi connectivity index (χ0n) is 11.5. The second kappa shape index (κ2) is 6.47. The average Bonchev–Trinajstić information content (AvgIpc) is 2.69. The average molecular weight is 256 g/mol. The normalized spacial score (nSPS) is 15.2. The SMILES string of the molecule is CCc1nc(C)c(C(C)N(C)CC(O)CC)s1. The number of hydrogen-bond donors (Lipinski definition) is 1. The molecule has 98 valence electrons. The second-order valence-corrected chi connectivity index (χ2v) is 5.70. The largest absolute Gasteiger partial charge is 0.392 e. The zero-order chi connectivity index (χ0) is 13.0. The summed E-state index contributed by atoms with van der Waals surface area (Å²) in [6, 6.07) is 0.328. The lowest BCUT2D eigenvalue weighted by atomic mass is 10.2. The molecule has 0 aliphatic rings. The molecule has 0 aromatic carbocycles. The van der Waals surface area contributed by atoms with Crippen LogP contribution in [0.1, 0.15) is 48.8 Å². The third-order valence-electron chi connectivity index (χ3n) is 3.19. The summed E-state index contributed by atoms with van der Waals surface area (Å²) in [6.07, 6.45) is 1.57. The molecule has 0 bridgehead atoms. The summed E-state index contributed by atoms with van der Waals surface area (Å²) in [5.41, 5.74) is 1.14. The Morgan fingerprint density at radius 2 is 2.06 bits per heavy atom. The third-order valence-corrected chi connectivity index (χ3v) is 4.66. The van der Waals surface area contributed by atoms with E-state index in [4.69, 9.17) is 0 Å². The van der Waals surface area contributed by atoms with Crippen molar-refractivity contribution in [1.29, 1.82) is 0 Å². The van der Waals surface area contributed by atoms with Crippen LogP contribution in [0.3, 0.4) is 0 Å². The van der Waals surface area contributed by atoms with Gasteiger partial charge in [0.15, 0.2) is 0 Å². The van der Waals surface area contributed by atoms with E-state index in [1.165, 1.54) is 9.88 Å². The highest BCUT2D eigenvalue weighted by atomic mass is 32.1. The molecule has 4 heteroatoms. The van der Waals surface area contributed by atoms with E-state index in [9.17, 15) is 5.11 Å². The van der Waals surface area contributed by atoms with Gasteiger partial charge in [0.2, 0.25) is 0 Å². The molecule has 2 unspecified atom stereocenters. The molecule has 0 radical (unpaired) electrons. The van der Waals surface area contributed by atoms with Crippen molar-refractivity contribution >= 4 is 11.3 Å². The smallest absolute Gasteiger partial charge is 0.0928 e. The lowest BCUT2D eigenvalue weighted by molar-refractivity contribution is 0.105. The van der Waals surface area contributed by atoms with Crippen LogP contribution in [0.15, 0.2) is 0 Å². The molecule has 0 saturated carbocycles. The van der Waals surface area contributed by atoms with Gasteiger partial charge in [-0.3, -0.25) is 4.90 Å². The van der Waals surface area contributed by atoms with Gasteiger partial charge in [-0.25, -0.2) is 4.98 Å². The van der Waals surface area contributed by atoms with Crippen LogP contribution < -0.4 is 0 Å². The number of hydrogen-bond acceptors (Lipinski definition) is 4. The van der Waals surface area contributed by atoms with E-state index in [-0.39, 0.29) is 6.10 Å². The Morgan fingerprint density at radius 1 is 1.41 bits per heavy atom. The summed E-state index contributed by atoms with van der Waals surface area (Å²) in [5, 5.41) is 10.9. The molecule has 1 aromatic heterocycles. The molecule has 1 aromatic rings. The fourth-order valence-electron chi connectivity index (χ4n) is 1.82. The summed E-state index contributed by atoms with van der Waals surface area (Å²) < 4.78 is 0. The highest BCUT2D eigenvalue weighted by Crippen LogP contribution is 2.28. The minimum absolute atomic E-state index is 0.235. The Labute approximate surface area is 108 Å². The maximum Gasteiger partial charge on any atom is 0.0928 e. The predicted octanol–water partition coefficient (Wildman–Crippen LogP) is 2.78. The van der Waals surface area contributed by atoms with Gasteiger partial charge in [0.05, 0.1) is 16.8 Å². The van der Waals surface area contributed by atoms with Crippen molar-refractivity contribution in [2.24, 2.45) is 0 Å². The molecule has 0 spiro atoms. The maximum absolute atomic E-state index is 9.69. The topological polar surface area (TPSA) is 36.4 Å². The van der Waals surface area contributed by atoms with Crippen molar-refractivity contribution in [3.05, 3.63) is 15.6 Å². The highest BCUT2D eigenvalue weighted by molar-refractivity contribution is 7.11. The van der Waals surface area contributed by atoms with Crippen LogP contribution >= 0.6 is 11.3 Å². The van der Waals surface area contributed by atoms with Crippen LogP contribution in [0.5, 0.6) is 0 Å². The van der Waals surface area contributed by atoms with Gasteiger partial charge < -0.3 is 5.11 Å². The van der Waals surface area contributed by atoms with Gasteiger partial charge in [-0.2, -0.15) is 0 Å². The minimum Gasteiger partial charge on any atom is -0.392 e. The number of nitrogens with zero attached hydrogens (tertiary/aromatic N) is 2. The van der Waals surface area contributed by atoms with Gasteiger partial charge in [-0.05, 0) is 33.7 Å². The van der Waals surface area contributed by atoms with Gasteiger partial charge in [-0.1, -0.05) is 13.8 Å². The number of rotatable bonds is 6. The van der Waals surface area contributed by atoms with E-state index in [1.807, 2.05) is 6.92 Å². The summed E-state index contributed by atoms with van der Waals surface area (Å²) in [4.78, 5) is 8.09. The van der Waals surface area contributed by atoms with Gasteiger partial charge in [0.1, 0.15) is 0 Å². The quantitative estimate of drug-likeness (QED) is 0.850. The Bertz CT molecular complexity index is 351. The van der Waals surface area contributed by atoms with Gasteiger partial charge >= 0.3 is 0 Å². The number of aliphatic hydroxyl groups is 1. The Kier molecular flexibility index (Phi) is 5.56. The van der Waals surface area contributed by atoms with Gasteiger partial charge in [0, 0.05) is 17.5 Å². The van der Waals surface area contributed by atoms with Crippen LogP contribution in [0.4, 0.5) is 0 Å². The molecule has 3 nitrogen and oxygen atoms in total. The number of likely N-dealkylation sites (N-methyl/N-ethyl adjacent to an activating group) is 1. The first-order valence-corrected chi connectivity index (χ1v) is 7.15. The van der Waals surface area contributed by atoms with Crippen molar-refractivity contribution in [1.82, 2.24) is 9.88 Å². The third kappa shape index (κ3) is 3.76. The molecular formula is C13H24N2OS. The molecule has 0 aliphatic carbocycles. The van der Waals surface area contributed by atoms with Crippen LogP contribution in [-0.4, -0.2) is 34.7 Å². The Balaban J connectivity index is 2.73. The molecule has 1 heterocycles. The van der Waals surface area contributed by atoms with Crippen molar-refractivity contribution < 1.29 is 5.11 Å². The first-order valence-electron chi connectivity index (χ1n) is 6.34. The number of aliphatic hydroxyl groups excluding tert-OH is 1. The lowest BCUT2D eigenvalue weighted by Gasteiger charge is -2.26. The predicted molar refractivity (Wildman–Crippen MR) is 73.6 cm³/mol. The fraction of sp³-hybridized carbons (Fsp3) is 0.769. The standard InChI is InChI=1S/C13H24N2OS/c1-6-11(16)8-15(5)10(4)13-9(3)14-12(7-2)17-13/h10-11,16H,6-8H2,1-5H3. The van der Waals surface area contributed by atoms with E-state index in [2.05, 4.69) is 37.7 Å². The van der Waals surface area contributed by atoms with Gasteiger partial charge in [-0.15, -0.1) is 11.3 Å². The molecule has 0 amide bonds. The van der Waals surface area contributed by atoms with Gasteiger partial charge in [0.25, 0.3) is 0 Å². The van der Waals surface area contributed by atoms with E-state index in [1.54, 1.807) is 11.3 Å². The number of aryl methyl sites for hydroxylation is 2. The van der Waals surface area contributed by atoms with Crippen LogP contribution in [0, 0.1) is 6.92 Å². The molecule has 1 N–H and O–H groups in total. The summed E-state index contributed by atoms with van der Waals surface area (Å²) in [7, 11) is 2.06. The van der Waals surface area contributed by atoms with Crippen molar-refractivity contribution in [3.63, 3.8) is 0 Å². The lowest BCUT2D eigenvalue weighted by Crippen LogP contribution is -2.30. The first kappa shape index (κ1) is 14.6. The molecule has 17 heavy (non-hydrogen) atoms. The van der Waals surface area contributed by atoms with Crippen molar-refractivity contribution in [3.8, 4) is 0 Å². The summed E-state index contributed by atoms with van der Waals surface area (Å²) in [6.45, 7) is 9.12. The summed E-state index contributed by atoms with van der Waals surface area (Å²) >= 11 is 1.80. The van der Waals surface area contributed by atoms with Crippen LogP contribution in [0.2, 0.25) is 0 Å². The second-order valence-electron chi connectivity index (χ2n) is 4.59. The van der Waals surface area contributed by atoms with Crippen molar-refractivity contribution in [2.75, 3.05) is 13.6 Å². The van der Waals surface area contributed by atoms with Crippen LogP contribution in [0.25, 0.3) is 0 Å². The Morgan fingerprint density at radius 3 is 2.53 bits per heavy atom. The molecular weight excluding hydrogens is 232 g/mol. The number of thiazole rings is 1. The molecule has 0 saturated heterocycles. The monoisotopic (exact) mass is 256 g/mol. The fourth-order valence-corrected chi connectivity index (χ4v) is 2.95. The molecule has 1 rings (SSSR count). The van der Waals surface area contributed by atoms with Crippen LogP contribution in [-0.2, 0) is 6.42 Å². The van der Waals surface area contributed by atoms with Crippen molar-refractivity contribution in [2.45, 2.75) is 52.7 Å². The molecule has 0 fully saturated rings. The highest BCUT2D eigenvalue weighted by Gasteiger charge is 2.19. The minimum atomic E-state index is -0.235. The Hall–Kier alpha value is -0.450. The van der Waals surface area contributed by atoms with E-state index in [0.29, 0.717) is 6.04 Å².